The highest BCUT2D eigenvalue weighted by molar-refractivity contribution is 6.25. The average Bonchev–Trinajstić information content (AvgIpc) is 4.03. The molecule has 0 bridgehead atoms. The fourth-order valence-corrected chi connectivity index (χ4v) is 10.5. The topological polar surface area (TPSA) is 46.2 Å². The molecule has 306 valence electrons. The molecule has 13 aromatic rings. The first-order valence-electron chi connectivity index (χ1n) is 22.0. The van der Waals surface area contributed by atoms with Crippen molar-refractivity contribution < 1.29 is 0 Å². The van der Waals surface area contributed by atoms with E-state index >= 15 is 0 Å². The van der Waals surface area contributed by atoms with E-state index in [0.717, 1.165) is 98.9 Å². The van der Waals surface area contributed by atoms with E-state index in [1.807, 2.05) is 36.4 Å². The van der Waals surface area contributed by atoms with Gasteiger partial charge in [0.25, 0.3) is 0 Å². The lowest BCUT2D eigenvalue weighted by molar-refractivity contribution is 1.13. The average molecular weight is 841 g/mol. The molecule has 3 heterocycles. The molecule has 0 spiro atoms. The van der Waals surface area contributed by atoms with Crippen LogP contribution in [0.5, 0.6) is 0 Å². The summed E-state index contributed by atoms with van der Waals surface area (Å²) in [4.78, 5) is 6.55. The van der Waals surface area contributed by atoms with Crippen LogP contribution in [0.25, 0.3) is 98.1 Å². The normalized spacial score (nSPS) is 11.6. The van der Waals surface area contributed by atoms with E-state index in [2.05, 4.69) is 212 Å². The highest BCUT2D eigenvalue weighted by Gasteiger charge is 2.26. The van der Waals surface area contributed by atoms with Crippen LogP contribution in [0.1, 0.15) is 5.56 Å². The summed E-state index contributed by atoms with van der Waals surface area (Å²) in [5.74, 6) is 0. The Bertz CT molecular complexity index is 4140. The Morgan fingerprint density at radius 3 is 1.67 bits per heavy atom. The van der Waals surface area contributed by atoms with E-state index in [1.165, 1.54) is 0 Å². The molecule has 6 nitrogen and oxygen atoms in total. The molecule has 0 aliphatic carbocycles. The predicted molar refractivity (Wildman–Crippen MR) is 273 cm³/mol. The fourth-order valence-electron chi connectivity index (χ4n) is 10.5. The van der Waals surface area contributed by atoms with Gasteiger partial charge in [-0.3, -0.25) is 0 Å². The number of hydrogen-bond donors (Lipinski definition) is 0. The first-order valence-corrected chi connectivity index (χ1v) is 22.0. The zero-order chi connectivity index (χ0) is 43.9. The summed E-state index contributed by atoms with van der Waals surface area (Å²) in [6, 6.07) is 78.6. The molecule has 0 N–H and O–H groups in total. The van der Waals surface area contributed by atoms with Gasteiger partial charge in [-0.15, -0.1) is 0 Å². The molecule has 6 heteroatoms. The van der Waals surface area contributed by atoms with Crippen molar-refractivity contribution in [1.29, 1.82) is 5.26 Å². The van der Waals surface area contributed by atoms with Crippen LogP contribution in [0.4, 0.5) is 22.7 Å². The maximum Gasteiger partial charge on any atom is 0.212 e. The zero-order valence-corrected chi connectivity index (χ0v) is 35.5. The Kier molecular flexibility index (Phi) is 8.24. The van der Waals surface area contributed by atoms with Crippen molar-refractivity contribution in [3.05, 3.63) is 235 Å². The third-order valence-corrected chi connectivity index (χ3v) is 13.2. The Hall–Kier alpha value is -9.36. The molecule has 0 amide bonds. The van der Waals surface area contributed by atoms with Gasteiger partial charge in [0.2, 0.25) is 5.69 Å². The summed E-state index contributed by atoms with van der Waals surface area (Å²) in [6.45, 7) is 8.81. The van der Waals surface area contributed by atoms with Gasteiger partial charge >= 0.3 is 0 Å². The highest BCUT2D eigenvalue weighted by Crippen LogP contribution is 2.46. The zero-order valence-electron chi connectivity index (χ0n) is 35.5. The maximum absolute atomic E-state index is 11.4. The van der Waals surface area contributed by atoms with Crippen molar-refractivity contribution >= 4 is 98.9 Å². The van der Waals surface area contributed by atoms with Gasteiger partial charge in [-0.25, -0.2) is 4.85 Å². The second-order valence-electron chi connectivity index (χ2n) is 16.7. The first kappa shape index (κ1) is 37.2. The Labute approximate surface area is 379 Å². The third kappa shape index (κ3) is 5.40. The Morgan fingerprint density at radius 1 is 0.409 bits per heavy atom. The van der Waals surface area contributed by atoms with E-state index in [9.17, 15) is 5.26 Å². The van der Waals surface area contributed by atoms with Gasteiger partial charge in [0, 0.05) is 55.1 Å². The predicted octanol–water partition coefficient (Wildman–Crippen LogP) is 16.0. The van der Waals surface area contributed by atoms with Crippen molar-refractivity contribution in [2.24, 2.45) is 0 Å². The summed E-state index contributed by atoms with van der Waals surface area (Å²) >= 11 is 0. The molecule has 66 heavy (non-hydrogen) atoms. The summed E-state index contributed by atoms with van der Waals surface area (Å²) in [5, 5.41) is 20.2. The van der Waals surface area contributed by atoms with Gasteiger partial charge in [0.1, 0.15) is 6.07 Å². The van der Waals surface area contributed by atoms with E-state index < -0.39 is 0 Å². The number of para-hydroxylation sites is 5. The fraction of sp³-hybridized carbons (Fsp3) is 0. The standard InChI is InChI=1S/C60H36N6/c1-62-51-37-56(40(38-61)35-57(51)65-53-28-16-14-26-49(53)58-45-24-12-11-17-39(45)29-33-55(58)65)66-54-34-30-44(63(41-18-5-2-6-19-41)42-20-7-3-8-21-42)36-50(54)48-32-31-47-46-25-13-15-27-52(46)64(59(47)60(48)66)43-22-9-4-10-23-43/h2-37H. The number of hydrogen-bond acceptors (Lipinski definition) is 2. The third-order valence-electron chi connectivity index (χ3n) is 13.2. The molecule has 3 aromatic heterocycles. The second-order valence-corrected chi connectivity index (χ2v) is 16.7. The molecule has 13 rings (SSSR count). The molecule has 0 fully saturated rings. The van der Waals surface area contributed by atoms with Crippen molar-refractivity contribution in [2.75, 3.05) is 4.90 Å². The number of rotatable bonds is 6. The Morgan fingerprint density at radius 2 is 0.970 bits per heavy atom. The molecule has 0 aliphatic rings. The molecule has 0 aliphatic heterocycles. The van der Waals surface area contributed by atoms with Crippen LogP contribution in [0.3, 0.4) is 0 Å². The van der Waals surface area contributed by atoms with Crippen LogP contribution in [0.2, 0.25) is 0 Å². The van der Waals surface area contributed by atoms with E-state index in [4.69, 9.17) is 6.57 Å². The quantitative estimate of drug-likeness (QED) is 0.157. The number of nitrogens with zero attached hydrogens (tertiary/aromatic N) is 6. The van der Waals surface area contributed by atoms with Crippen LogP contribution < -0.4 is 4.90 Å². The molecular weight excluding hydrogens is 805 g/mol. The monoisotopic (exact) mass is 840 g/mol. The molecule has 0 atom stereocenters. The summed E-state index contributed by atoms with van der Waals surface area (Å²) in [6.07, 6.45) is 0. The van der Waals surface area contributed by atoms with Crippen LogP contribution in [0, 0.1) is 17.9 Å². The minimum Gasteiger partial charge on any atom is -0.319 e. The molecule has 0 saturated carbocycles. The molecule has 0 radical (unpaired) electrons. The van der Waals surface area contributed by atoms with Gasteiger partial charge in [0.05, 0.1) is 56.6 Å². The largest absolute Gasteiger partial charge is 0.319 e. The number of aromatic nitrogens is 3. The van der Waals surface area contributed by atoms with Gasteiger partial charge in [-0.2, -0.15) is 5.26 Å². The molecule has 10 aromatic carbocycles. The Balaban J connectivity index is 1.16. The first-order chi connectivity index (χ1) is 32.7. The molecular formula is C60H36N6. The number of nitriles is 1. The molecule has 0 unspecified atom stereocenters. The maximum atomic E-state index is 11.4. The SMILES string of the molecule is [C-]#[N+]c1cc(-n2c3ccc(N(c4ccccc4)c4ccccc4)cc3c3ccc4c5ccccc5n(-c5ccccc5)c4c32)c(C#N)cc1-n1c2ccccc2c2c3ccccc3ccc21. The van der Waals surface area contributed by atoms with Crippen molar-refractivity contribution in [2.45, 2.75) is 0 Å². The lowest BCUT2D eigenvalue weighted by atomic mass is 10.0. The number of anilines is 3. The van der Waals surface area contributed by atoms with Crippen LogP contribution in [-0.4, -0.2) is 13.7 Å². The van der Waals surface area contributed by atoms with E-state index in [-0.39, 0.29) is 0 Å². The minimum atomic E-state index is 0.446. The second kappa shape index (κ2) is 14.6. The van der Waals surface area contributed by atoms with Crippen LogP contribution >= 0.6 is 0 Å². The van der Waals surface area contributed by atoms with Crippen molar-refractivity contribution in [3.63, 3.8) is 0 Å². The van der Waals surface area contributed by atoms with Gasteiger partial charge in [-0.1, -0.05) is 133 Å². The lowest BCUT2D eigenvalue weighted by Gasteiger charge is -2.25. The lowest BCUT2D eigenvalue weighted by Crippen LogP contribution is -2.09. The highest BCUT2D eigenvalue weighted by atomic mass is 15.1. The minimum absolute atomic E-state index is 0.446. The summed E-state index contributed by atoms with van der Waals surface area (Å²) in [5.41, 5.74) is 12.3. The van der Waals surface area contributed by atoms with E-state index in [0.29, 0.717) is 22.6 Å². The van der Waals surface area contributed by atoms with Crippen molar-refractivity contribution in [1.82, 2.24) is 13.7 Å². The number of benzene rings is 10. The molecule has 0 saturated heterocycles. The summed E-state index contributed by atoms with van der Waals surface area (Å²) < 4.78 is 6.75. The number of fused-ring (bicyclic) bond motifs is 12. The van der Waals surface area contributed by atoms with Crippen molar-refractivity contribution in [3.8, 4) is 23.1 Å². The van der Waals surface area contributed by atoms with Gasteiger partial charge < -0.3 is 18.6 Å². The van der Waals surface area contributed by atoms with Crippen LogP contribution in [-0.2, 0) is 0 Å². The van der Waals surface area contributed by atoms with Crippen LogP contribution in [0.15, 0.2) is 218 Å². The summed E-state index contributed by atoms with van der Waals surface area (Å²) in [7, 11) is 0. The van der Waals surface area contributed by atoms with Gasteiger partial charge in [0.15, 0.2) is 0 Å². The van der Waals surface area contributed by atoms with E-state index in [1.54, 1.807) is 0 Å². The van der Waals surface area contributed by atoms with Gasteiger partial charge in [-0.05, 0) is 95.7 Å². The smallest absolute Gasteiger partial charge is 0.212 e.